The van der Waals surface area contributed by atoms with Crippen LogP contribution in [0.15, 0.2) is 42.7 Å². The fraction of sp³-hybridized carbons (Fsp3) is 0.400. The van der Waals surface area contributed by atoms with E-state index < -0.39 is 0 Å². The van der Waals surface area contributed by atoms with Gasteiger partial charge in [0.05, 0.1) is 5.56 Å². The van der Waals surface area contributed by atoms with Crippen molar-refractivity contribution >= 4 is 17.5 Å². The molecule has 3 aromatic rings. The van der Waals surface area contributed by atoms with E-state index in [9.17, 15) is 4.79 Å². The summed E-state index contributed by atoms with van der Waals surface area (Å²) in [6.45, 7) is 7.26. The van der Waals surface area contributed by atoms with E-state index in [4.69, 9.17) is 0 Å². The highest BCUT2D eigenvalue weighted by Gasteiger charge is 2.42. The maximum Gasteiger partial charge on any atom is 0.254 e. The first-order valence-electron chi connectivity index (χ1n) is 11.3. The number of aromatic nitrogens is 4. The molecule has 4 heterocycles. The van der Waals surface area contributed by atoms with Gasteiger partial charge < -0.3 is 14.7 Å². The van der Waals surface area contributed by atoms with Crippen molar-refractivity contribution in [3.05, 3.63) is 59.7 Å². The van der Waals surface area contributed by atoms with Crippen LogP contribution in [-0.4, -0.2) is 71.0 Å². The zero-order valence-electron chi connectivity index (χ0n) is 19.6. The summed E-state index contributed by atoms with van der Waals surface area (Å²) in [7, 11) is 3.99. The number of amides is 1. The Morgan fingerprint density at radius 1 is 0.970 bits per heavy atom. The number of hydrogen-bond donors (Lipinski definition) is 0. The molecular weight excluding hydrogens is 414 g/mol. The van der Waals surface area contributed by atoms with Gasteiger partial charge >= 0.3 is 0 Å². The standard InChI is InChI=1S/C25H29N7O/c1-16-6-7-20(24-26-8-5-9-27-24)21(10-16)25(33)32-14-18-12-31(13-19(18)15-32)23-11-22(30(3)4)28-17(2)29-23/h5-11,18-19H,12-15H2,1-4H3. The van der Waals surface area contributed by atoms with E-state index in [1.807, 2.05) is 55.9 Å². The molecule has 0 spiro atoms. The Balaban J connectivity index is 1.33. The van der Waals surface area contributed by atoms with Crippen molar-refractivity contribution in [3.63, 3.8) is 0 Å². The van der Waals surface area contributed by atoms with Crippen molar-refractivity contribution in [2.24, 2.45) is 11.8 Å². The Morgan fingerprint density at radius 3 is 2.33 bits per heavy atom. The van der Waals surface area contributed by atoms with Crippen LogP contribution in [0.2, 0.25) is 0 Å². The topological polar surface area (TPSA) is 78.4 Å². The maximum atomic E-state index is 13.6. The second-order valence-corrected chi connectivity index (χ2v) is 9.28. The molecule has 0 bridgehead atoms. The molecule has 0 saturated carbocycles. The highest BCUT2D eigenvalue weighted by atomic mass is 16.2. The first-order chi connectivity index (χ1) is 15.9. The molecule has 170 valence electrons. The van der Waals surface area contributed by atoms with Crippen LogP contribution in [0.5, 0.6) is 0 Å². The molecule has 1 aromatic carbocycles. The van der Waals surface area contributed by atoms with E-state index in [-0.39, 0.29) is 5.91 Å². The monoisotopic (exact) mass is 443 g/mol. The predicted octanol–water partition coefficient (Wildman–Crippen LogP) is 2.82. The number of carbonyl (C=O) groups is 1. The van der Waals surface area contributed by atoms with Crippen molar-refractivity contribution in [1.82, 2.24) is 24.8 Å². The highest BCUT2D eigenvalue weighted by molar-refractivity contribution is 6.00. The van der Waals surface area contributed by atoms with E-state index >= 15 is 0 Å². The van der Waals surface area contributed by atoms with Crippen molar-refractivity contribution in [2.75, 3.05) is 50.1 Å². The number of likely N-dealkylation sites (tertiary alicyclic amines) is 1. The fourth-order valence-corrected chi connectivity index (χ4v) is 4.91. The molecular formula is C25H29N7O. The van der Waals surface area contributed by atoms with Crippen molar-refractivity contribution < 1.29 is 4.79 Å². The van der Waals surface area contributed by atoms with Crippen LogP contribution >= 0.6 is 0 Å². The molecule has 2 fully saturated rings. The Morgan fingerprint density at radius 2 is 1.67 bits per heavy atom. The molecule has 33 heavy (non-hydrogen) atoms. The van der Waals surface area contributed by atoms with Crippen LogP contribution in [0.25, 0.3) is 11.4 Å². The summed E-state index contributed by atoms with van der Waals surface area (Å²) < 4.78 is 0. The minimum absolute atomic E-state index is 0.0647. The van der Waals surface area contributed by atoms with E-state index in [1.54, 1.807) is 18.5 Å². The molecule has 0 radical (unpaired) electrons. The Labute approximate surface area is 194 Å². The van der Waals surface area contributed by atoms with E-state index in [2.05, 4.69) is 30.9 Å². The minimum Gasteiger partial charge on any atom is -0.363 e. The van der Waals surface area contributed by atoms with Gasteiger partial charge in [-0.15, -0.1) is 0 Å². The number of rotatable bonds is 4. The number of hydrogen-bond acceptors (Lipinski definition) is 7. The van der Waals surface area contributed by atoms with Gasteiger partial charge in [-0.05, 0) is 26.0 Å². The van der Waals surface area contributed by atoms with Gasteiger partial charge in [0.2, 0.25) is 0 Å². The van der Waals surface area contributed by atoms with Crippen LogP contribution in [0, 0.1) is 25.7 Å². The van der Waals surface area contributed by atoms with Gasteiger partial charge in [0, 0.05) is 76.1 Å². The molecule has 8 heteroatoms. The molecule has 5 rings (SSSR count). The van der Waals surface area contributed by atoms with Crippen LogP contribution in [-0.2, 0) is 0 Å². The zero-order valence-corrected chi connectivity index (χ0v) is 19.6. The summed E-state index contributed by atoms with van der Waals surface area (Å²) in [5.74, 6) is 4.20. The second-order valence-electron chi connectivity index (χ2n) is 9.28. The number of aryl methyl sites for hydroxylation is 2. The third-order valence-corrected chi connectivity index (χ3v) is 6.58. The molecule has 2 aromatic heterocycles. The van der Waals surface area contributed by atoms with E-state index in [1.165, 1.54) is 0 Å². The Bertz CT molecular complexity index is 1170. The summed E-state index contributed by atoms with van der Waals surface area (Å²) in [5, 5.41) is 0. The highest BCUT2D eigenvalue weighted by Crippen LogP contribution is 2.35. The number of carbonyl (C=O) groups excluding carboxylic acids is 1. The van der Waals surface area contributed by atoms with Crippen LogP contribution < -0.4 is 9.80 Å². The number of fused-ring (bicyclic) bond motifs is 1. The summed E-state index contributed by atoms with van der Waals surface area (Å²) in [6.07, 6.45) is 3.42. The lowest BCUT2D eigenvalue weighted by Gasteiger charge is -2.24. The molecule has 2 saturated heterocycles. The van der Waals surface area contributed by atoms with Gasteiger partial charge in [-0.1, -0.05) is 17.7 Å². The molecule has 2 atom stereocenters. The molecule has 8 nitrogen and oxygen atoms in total. The smallest absolute Gasteiger partial charge is 0.254 e. The summed E-state index contributed by atoms with van der Waals surface area (Å²) in [4.78, 5) is 37.9. The van der Waals surface area contributed by atoms with Gasteiger partial charge in [-0.2, -0.15) is 0 Å². The first kappa shape index (κ1) is 21.3. The largest absolute Gasteiger partial charge is 0.363 e. The van der Waals surface area contributed by atoms with Gasteiger partial charge in [0.25, 0.3) is 5.91 Å². The molecule has 2 aliphatic heterocycles. The lowest BCUT2D eigenvalue weighted by molar-refractivity contribution is 0.0783. The molecule has 0 N–H and O–H groups in total. The molecule has 1 amide bonds. The summed E-state index contributed by atoms with van der Waals surface area (Å²) >= 11 is 0. The average molecular weight is 444 g/mol. The number of nitrogens with zero attached hydrogens (tertiary/aromatic N) is 7. The molecule has 0 aliphatic carbocycles. The first-order valence-corrected chi connectivity index (χ1v) is 11.3. The fourth-order valence-electron chi connectivity index (χ4n) is 4.91. The number of anilines is 2. The summed E-state index contributed by atoms with van der Waals surface area (Å²) in [6, 6.07) is 9.75. The zero-order chi connectivity index (χ0) is 23.1. The average Bonchev–Trinajstić information content (AvgIpc) is 3.38. The third-order valence-electron chi connectivity index (χ3n) is 6.58. The second kappa shape index (κ2) is 8.42. The lowest BCUT2D eigenvalue weighted by Crippen LogP contribution is -2.34. The lowest BCUT2D eigenvalue weighted by atomic mass is 10.0. The maximum absolute atomic E-state index is 13.6. The summed E-state index contributed by atoms with van der Waals surface area (Å²) in [5.41, 5.74) is 2.53. The van der Waals surface area contributed by atoms with Crippen LogP contribution in [0.1, 0.15) is 21.7 Å². The normalized spacial score (nSPS) is 19.6. The van der Waals surface area contributed by atoms with Crippen molar-refractivity contribution in [1.29, 1.82) is 0 Å². The predicted molar refractivity (Wildman–Crippen MR) is 128 cm³/mol. The van der Waals surface area contributed by atoms with Gasteiger partial charge in [0.15, 0.2) is 5.82 Å². The van der Waals surface area contributed by atoms with Crippen molar-refractivity contribution in [2.45, 2.75) is 13.8 Å². The van der Waals surface area contributed by atoms with Crippen LogP contribution in [0.3, 0.4) is 0 Å². The molecule has 2 unspecified atom stereocenters. The molecule has 2 aliphatic rings. The Hall–Kier alpha value is -3.55. The number of benzene rings is 1. The third kappa shape index (κ3) is 4.13. The minimum atomic E-state index is 0.0647. The quantitative estimate of drug-likeness (QED) is 0.614. The van der Waals surface area contributed by atoms with Gasteiger partial charge in [-0.3, -0.25) is 4.79 Å². The van der Waals surface area contributed by atoms with E-state index in [0.717, 1.165) is 54.8 Å². The van der Waals surface area contributed by atoms with E-state index in [0.29, 0.717) is 23.2 Å². The Kier molecular flexibility index (Phi) is 5.44. The van der Waals surface area contributed by atoms with Crippen LogP contribution in [0.4, 0.5) is 11.6 Å². The van der Waals surface area contributed by atoms with Crippen molar-refractivity contribution in [3.8, 4) is 11.4 Å². The SMILES string of the molecule is Cc1ccc(-c2ncccn2)c(C(=O)N2CC3CN(c4cc(N(C)C)nc(C)n4)CC3C2)c1. The van der Waals surface area contributed by atoms with Gasteiger partial charge in [0.1, 0.15) is 17.5 Å². The van der Waals surface area contributed by atoms with Gasteiger partial charge in [-0.25, -0.2) is 19.9 Å².